The van der Waals surface area contributed by atoms with Crippen molar-refractivity contribution in [2.24, 2.45) is 4.99 Å². The number of rotatable bonds is 4. The Hall–Kier alpha value is -3.76. The largest absolute Gasteiger partial charge is 0.354 e. The average Bonchev–Trinajstić information content (AvgIpc) is 3.23. The average molecular weight is 497 g/mol. The summed E-state index contributed by atoms with van der Waals surface area (Å²) in [6, 6.07) is 8.70. The molecule has 0 fully saturated rings. The van der Waals surface area contributed by atoms with Gasteiger partial charge in [-0.3, -0.25) is 9.79 Å². The van der Waals surface area contributed by atoms with Crippen molar-refractivity contribution in [1.82, 2.24) is 20.3 Å². The van der Waals surface area contributed by atoms with Gasteiger partial charge in [0.05, 0.1) is 23.5 Å². The zero-order valence-electron chi connectivity index (χ0n) is 17.6. The summed E-state index contributed by atoms with van der Waals surface area (Å²) in [7, 11) is 1.53. The van der Waals surface area contributed by atoms with E-state index in [9.17, 15) is 13.6 Å². The lowest BCUT2D eigenvalue weighted by molar-refractivity contribution is 0.0959. The summed E-state index contributed by atoms with van der Waals surface area (Å²) in [6.45, 7) is 0.114. The van der Waals surface area contributed by atoms with Crippen LogP contribution in [0.5, 0.6) is 0 Å². The molecule has 34 heavy (non-hydrogen) atoms. The SMILES string of the molecule is CNC(=O)c1csc(Nc2ncc3c(n2)-c2ccc(Cl)cc2C(c2c(F)cccc2F)=NC3)n1. The Morgan fingerprint density at radius 3 is 2.68 bits per heavy atom. The minimum absolute atomic E-state index is 0.114. The highest BCUT2D eigenvalue weighted by Gasteiger charge is 2.25. The summed E-state index contributed by atoms with van der Waals surface area (Å²) in [6.07, 6.45) is 1.60. The summed E-state index contributed by atoms with van der Waals surface area (Å²) < 4.78 is 29.3. The molecule has 4 aromatic rings. The maximum atomic E-state index is 14.7. The number of hydrogen-bond acceptors (Lipinski definition) is 7. The molecule has 0 saturated heterocycles. The molecule has 2 aromatic carbocycles. The highest BCUT2D eigenvalue weighted by molar-refractivity contribution is 7.14. The molecule has 0 saturated carbocycles. The second-order valence-corrected chi connectivity index (χ2v) is 8.56. The first-order chi connectivity index (χ1) is 16.4. The summed E-state index contributed by atoms with van der Waals surface area (Å²) in [5.41, 5.74) is 2.47. The lowest BCUT2D eigenvalue weighted by Crippen LogP contribution is -2.18. The second kappa shape index (κ2) is 8.88. The van der Waals surface area contributed by atoms with Gasteiger partial charge in [-0.1, -0.05) is 23.7 Å². The van der Waals surface area contributed by atoms with Gasteiger partial charge in [-0.15, -0.1) is 11.3 Å². The summed E-state index contributed by atoms with van der Waals surface area (Å²) in [5.74, 6) is -1.50. The number of carbonyl (C=O) groups excluding carboxylic acids is 1. The van der Waals surface area contributed by atoms with Crippen LogP contribution >= 0.6 is 22.9 Å². The second-order valence-electron chi connectivity index (χ2n) is 7.26. The number of carbonyl (C=O) groups is 1. The number of nitrogens with zero attached hydrogens (tertiary/aromatic N) is 4. The van der Waals surface area contributed by atoms with Crippen LogP contribution in [0.15, 0.2) is 53.0 Å². The molecule has 1 aliphatic heterocycles. The number of hydrogen-bond donors (Lipinski definition) is 2. The molecule has 0 aliphatic carbocycles. The van der Waals surface area contributed by atoms with Gasteiger partial charge in [0.1, 0.15) is 17.3 Å². The molecule has 5 rings (SSSR count). The fourth-order valence-corrected chi connectivity index (χ4v) is 4.44. The van der Waals surface area contributed by atoms with Crippen LogP contribution < -0.4 is 10.6 Å². The predicted molar refractivity (Wildman–Crippen MR) is 127 cm³/mol. The molecule has 7 nitrogen and oxygen atoms in total. The quantitative estimate of drug-likeness (QED) is 0.415. The fraction of sp³-hybridized carbons (Fsp3) is 0.0870. The fourth-order valence-electron chi connectivity index (χ4n) is 3.58. The predicted octanol–water partition coefficient (Wildman–Crippen LogP) is 4.99. The molecular weight excluding hydrogens is 482 g/mol. The molecule has 3 heterocycles. The Bertz CT molecular complexity index is 1450. The zero-order chi connectivity index (χ0) is 23.8. The number of fused-ring (bicyclic) bond motifs is 3. The summed E-state index contributed by atoms with van der Waals surface area (Å²) >= 11 is 7.47. The minimum atomic E-state index is -0.722. The molecule has 0 radical (unpaired) electrons. The molecule has 0 spiro atoms. The van der Waals surface area contributed by atoms with Crippen molar-refractivity contribution in [3.63, 3.8) is 0 Å². The monoisotopic (exact) mass is 496 g/mol. The first-order valence-electron chi connectivity index (χ1n) is 10.0. The Balaban J connectivity index is 1.59. The maximum absolute atomic E-state index is 14.7. The molecule has 2 aromatic heterocycles. The van der Waals surface area contributed by atoms with E-state index in [2.05, 4.69) is 30.6 Å². The topological polar surface area (TPSA) is 92.2 Å². The molecule has 1 amide bonds. The third kappa shape index (κ3) is 4.02. The van der Waals surface area contributed by atoms with Crippen LogP contribution in [0.25, 0.3) is 11.3 Å². The van der Waals surface area contributed by atoms with Crippen molar-refractivity contribution in [1.29, 1.82) is 0 Å². The van der Waals surface area contributed by atoms with Crippen molar-refractivity contribution >= 4 is 45.6 Å². The lowest BCUT2D eigenvalue weighted by Gasteiger charge is -2.13. The van der Waals surface area contributed by atoms with E-state index in [-0.39, 0.29) is 35.4 Å². The van der Waals surface area contributed by atoms with Crippen LogP contribution in [0.3, 0.4) is 0 Å². The molecule has 0 atom stereocenters. The maximum Gasteiger partial charge on any atom is 0.270 e. The number of nitrogens with one attached hydrogen (secondary N) is 2. The van der Waals surface area contributed by atoms with Gasteiger partial charge in [0, 0.05) is 40.3 Å². The van der Waals surface area contributed by atoms with Gasteiger partial charge in [-0.2, -0.15) is 0 Å². The number of aliphatic imine (C=N–C) groups is 1. The van der Waals surface area contributed by atoms with Crippen LogP contribution in [0, 0.1) is 11.6 Å². The Morgan fingerprint density at radius 2 is 1.91 bits per heavy atom. The van der Waals surface area contributed by atoms with Crippen LogP contribution in [0.1, 0.15) is 27.2 Å². The van der Waals surface area contributed by atoms with Gasteiger partial charge >= 0.3 is 0 Å². The van der Waals surface area contributed by atoms with Gasteiger partial charge in [0.2, 0.25) is 5.95 Å². The standard InChI is InChI=1S/C23H15ClF2N6OS/c1-27-21(33)17-10-34-23(30-17)32-22-29-9-11-8-28-20(18-15(25)3-2-4-16(18)26)14-7-12(24)5-6-13(14)19(11)31-22/h2-7,9-10H,8H2,1H3,(H,27,33)(H,29,30,31,32). The Kier molecular flexibility index (Phi) is 5.76. The molecule has 170 valence electrons. The van der Waals surface area contributed by atoms with E-state index in [1.807, 2.05) is 0 Å². The Labute approximate surface area is 201 Å². The highest BCUT2D eigenvalue weighted by atomic mass is 35.5. The smallest absolute Gasteiger partial charge is 0.270 e. The molecule has 0 bridgehead atoms. The van der Waals surface area contributed by atoms with Crippen molar-refractivity contribution in [3.05, 3.63) is 87.0 Å². The van der Waals surface area contributed by atoms with Gasteiger partial charge in [-0.25, -0.2) is 23.7 Å². The van der Waals surface area contributed by atoms with Crippen molar-refractivity contribution < 1.29 is 13.6 Å². The van der Waals surface area contributed by atoms with E-state index in [0.717, 1.165) is 0 Å². The van der Waals surface area contributed by atoms with Crippen LogP contribution in [0.2, 0.25) is 5.02 Å². The van der Waals surface area contributed by atoms with E-state index in [4.69, 9.17) is 11.6 Å². The molecule has 11 heteroatoms. The van der Waals surface area contributed by atoms with Crippen LogP contribution in [0.4, 0.5) is 19.9 Å². The van der Waals surface area contributed by atoms with Gasteiger partial charge in [0.15, 0.2) is 5.13 Å². The van der Waals surface area contributed by atoms with Gasteiger partial charge in [-0.05, 0) is 24.3 Å². The number of halogens is 3. The molecule has 1 aliphatic rings. The number of benzene rings is 2. The number of amides is 1. The summed E-state index contributed by atoms with van der Waals surface area (Å²) in [4.78, 5) is 29.5. The third-order valence-electron chi connectivity index (χ3n) is 5.15. The van der Waals surface area contributed by atoms with Gasteiger partial charge < -0.3 is 10.6 Å². The minimum Gasteiger partial charge on any atom is -0.354 e. The number of aromatic nitrogens is 3. The van der Waals surface area contributed by atoms with E-state index >= 15 is 0 Å². The Morgan fingerprint density at radius 1 is 1.12 bits per heavy atom. The normalized spacial score (nSPS) is 12.3. The van der Waals surface area contributed by atoms with E-state index in [1.165, 1.54) is 36.6 Å². The number of anilines is 2. The molecule has 0 unspecified atom stereocenters. The lowest BCUT2D eigenvalue weighted by atomic mass is 9.95. The van der Waals surface area contributed by atoms with Crippen molar-refractivity contribution in [2.75, 3.05) is 12.4 Å². The van der Waals surface area contributed by atoms with Gasteiger partial charge in [0.25, 0.3) is 5.91 Å². The summed E-state index contributed by atoms with van der Waals surface area (Å²) in [5, 5.41) is 7.96. The van der Waals surface area contributed by atoms with E-state index < -0.39 is 11.6 Å². The van der Waals surface area contributed by atoms with Crippen LogP contribution in [-0.4, -0.2) is 33.6 Å². The third-order valence-corrected chi connectivity index (χ3v) is 6.14. The molecule has 2 N–H and O–H groups in total. The number of thiazole rings is 1. The van der Waals surface area contributed by atoms with Crippen molar-refractivity contribution in [3.8, 4) is 11.3 Å². The molecular formula is C23H15ClF2N6OS. The van der Waals surface area contributed by atoms with E-state index in [1.54, 1.807) is 29.8 Å². The van der Waals surface area contributed by atoms with Crippen LogP contribution in [-0.2, 0) is 6.54 Å². The van der Waals surface area contributed by atoms with Crippen molar-refractivity contribution in [2.45, 2.75) is 6.54 Å². The van der Waals surface area contributed by atoms with E-state index in [0.29, 0.717) is 32.5 Å². The first-order valence-corrected chi connectivity index (χ1v) is 11.3. The first kappa shape index (κ1) is 22.1. The highest BCUT2D eigenvalue weighted by Crippen LogP contribution is 2.34. The zero-order valence-corrected chi connectivity index (χ0v) is 19.1.